The number of para-hydroxylation sites is 1. The van der Waals surface area contributed by atoms with Crippen molar-refractivity contribution in [2.45, 2.75) is 38.6 Å². The van der Waals surface area contributed by atoms with Crippen LogP contribution in [0.2, 0.25) is 0 Å². The fourth-order valence-corrected chi connectivity index (χ4v) is 3.13. The number of hydrogen-bond donors (Lipinski definition) is 1. The molecular weight excluding hydrogens is 268 g/mol. The van der Waals surface area contributed by atoms with E-state index in [2.05, 4.69) is 5.10 Å². The van der Waals surface area contributed by atoms with Crippen molar-refractivity contribution in [2.24, 2.45) is 5.92 Å². The van der Waals surface area contributed by atoms with Crippen molar-refractivity contribution >= 4 is 16.9 Å². The van der Waals surface area contributed by atoms with Gasteiger partial charge in [-0.25, -0.2) is 4.79 Å². The lowest BCUT2D eigenvalue weighted by atomic mass is 9.89. The van der Waals surface area contributed by atoms with Gasteiger partial charge in [-0.3, -0.25) is 9.48 Å². The van der Waals surface area contributed by atoms with Crippen LogP contribution in [0, 0.1) is 5.92 Å². The molecule has 0 atom stereocenters. The van der Waals surface area contributed by atoms with E-state index in [-0.39, 0.29) is 5.69 Å². The smallest absolute Gasteiger partial charge is 0.360 e. The zero-order valence-electron chi connectivity index (χ0n) is 11.8. The first-order chi connectivity index (χ1) is 10.2. The monoisotopic (exact) mass is 286 g/mol. The summed E-state index contributed by atoms with van der Waals surface area (Å²) in [6.45, 7) is 0.682. The van der Waals surface area contributed by atoms with Crippen molar-refractivity contribution in [2.75, 3.05) is 0 Å². The van der Waals surface area contributed by atoms with Crippen LogP contribution >= 0.6 is 0 Å². The zero-order valence-corrected chi connectivity index (χ0v) is 11.8. The Kier molecular flexibility index (Phi) is 3.73. The molecule has 1 fully saturated rings. The van der Waals surface area contributed by atoms with Gasteiger partial charge in [0.2, 0.25) is 11.1 Å². The first kappa shape index (κ1) is 13.8. The van der Waals surface area contributed by atoms with Gasteiger partial charge >= 0.3 is 5.97 Å². The van der Waals surface area contributed by atoms with Gasteiger partial charge in [-0.15, -0.1) is 0 Å². The molecule has 1 aliphatic rings. The molecule has 0 bridgehead atoms. The van der Waals surface area contributed by atoms with E-state index in [1.165, 1.54) is 19.3 Å². The summed E-state index contributed by atoms with van der Waals surface area (Å²) in [5, 5.41) is 13.7. The first-order valence-electron chi connectivity index (χ1n) is 7.40. The highest BCUT2D eigenvalue weighted by Crippen LogP contribution is 2.25. The number of nitrogens with zero attached hydrogens (tertiary/aromatic N) is 2. The van der Waals surface area contributed by atoms with Crippen LogP contribution in [-0.2, 0) is 6.54 Å². The Morgan fingerprint density at radius 3 is 2.67 bits per heavy atom. The Labute approximate surface area is 122 Å². The molecule has 1 aliphatic carbocycles. The molecule has 3 rings (SSSR count). The number of fused-ring (bicyclic) bond motifs is 1. The molecule has 21 heavy (non-hydrogen) atoms. The van der Waals surface area contributed by atoms with Gasteiger partial charge in [0.25, 0.3) is 0 Å². The summed E-state index contributed by atoms with van der Waals surface area (Å²) in [4.78, 5) is 23.4. The molecule has 2 aromatic rings. The highest BCUT2D eigenvalue weighted by atomic mass is 16.4. The first-order valence-corrected chi connectivity index (χ1v) is 7.40. The number of carboxylic acid groups (broad SMARTS) is 1. The Morgan fingerprint density at radius 2 is 1.95 bits per heavy atom. The summed E-state index contributed by atoms with van der Waals surface area (Å²) in [7, 11) is 0. The van der Waals surface area contributed by atoms with Crippen LogP contribution in [0.4, 0.5) is 0 Å². The van der Waals surface area contributed by atoms with E-state index in [4.69, 9.17) is 0 Å². The molecule has 5 nitrogen and oxygen atoms in total. The summed E-state index contributed by atoms with van der Waals surface area (Å²) in [5.41, 5.74) is -0.166. The van der Waals surface area contributed by atoms with Crippen molar-refractivity contribution in [3.8, 4) is 0 Å². The number of carboxylic acids is 1. The molecule has 0 saturated heterocycles. The van der Waals surface area contributed by atoms with E-state index >= 15 is 0 Å². The van der Waals surface area contributed by atoms with E-state index in [1.807, 2.05) is 12.1 Å². The molecule has 0 amide bonds. The van der Waals surface area contributed by atoms with E-state index in [9.17, 15) is 14.7 Å². The lowest BCUT2D eigenvalue weighted by molar-refractivity contribution is 0.0686. The Morgan fingerprint density at radius 1 is 1.24 bits per heavy atom. The second-order valence-corrected chi connectivity index (χ2v) is 5.69. The van der Waals surface area contributed by atoms with Gasteiger partial charge < -0.3 is 5.11 Å². The summed E-state index contributed by atoms with van der Waals surface area (Å²) < 4.78 is 1.70. The van der Waals surface area contributed by atoms with Crippen molar-refractivity contribution in [1.29, 1.82) is 0 Å². The predicted octanol–water partition coefficient (Wildman–Crippen LogP) is 2.68. The molecule has 0 spiro atoms. The average Bonchev–Trinajstić information content (AvgIpc) is 2.51. The fourth-order valence-electron chi connectivity index (χ4n) is 3.13. The molecule has 5 heteroatoms. The SMILES string of the molecule is O=C(O)c1nn(CC2CCCCC2)c2ccccc2c1=O. The molecule has 0 aliphatic heterocycles. The molecular formula is C16H18N2O3. The van der Waals surface area contributed by atoms with E-state index < -0.39 is 11.4 Å². The summed E-state index contributed by atoms with van der Waals surface area (Å²) in [6.07, 6.45) is 5.99. The third-order valence-corrected chi connectivity index (χ3v) is 4.22. The Hall–Kier alpha value is -2.17. The van der Waals surface area contributed by atoms with Crippen LogP contribution in [0.3, 0.4) is 0 Å². The van der Waals surface area contributed by atoms with Crippen LogP contribution in [0.5, 0.6) is 0 Å². The lowest BCUT2D eigenvalue weighted by Gasteiger charge is -2.23. The largest absolute Gasteiger partial charge is 0.476 e. The van der Waals surface area contributed by atoms with Crippen LogP contribution in [0.15, 0.2) is 29.1 Å². The maximum atomic E-state index is 12.2. The molecule has 0 radical (unpaired) electrons. The van der Waals surface area contributed by atoms with Gasteiger partial charge in [-0.05, 0) is 30.9 Å². The molecule has 1 N–H and O–H groups in total. The number of aromatic nitrogens is 2. The van der Waals surface area contributed by atoms with Gasteiger partial charge in [0.1, 0.15) is 0 Å². The fraction of sp³-hybridized carbons (Fsp3) is 0.438. The molecule has 0 unspecified atom stereocenters. The predicted molar refractivity (Wildman–Crippen MR) is 79.5 cm³/mol. The quantitative estimate of drug-likeness (QED) is 0.941. The average molecular weight is 286 g/mol. The minimum atomic E-state index is -1.26. The van der Waals surface area contributed by atoms with Crippen LogP contribution in [0.25, 0.3) is 10.9 Å². The second-order valence-electron chi connectivity index (χ2n) is 5.69. The summed E-state index contributed by atoms with van der Waals surface area (Å²) >= 11 is 0. The van der Waals surface area contributed by atoms with Crippen molar-refractivity contribution in [3.05, 3.63) is 40.2 Å². The third kappa shape index (κ3) is 2.68. The van der Waals surface area contributed by atoms with Crippen molar-refractivity contribution in [1.82, 2.24) is 9.78 Å². The molecule has 1 saturated carbocycles. The molecule has 1 aromatic heterocycles. The van der Waals surface area contributed by atoms with Crippen molar-refractivity contribution < 1.29 is 9.90 Å². The van der Waals surface area contributed by atoms with Gasteiger partial charge in [0.15, 0.2) is 0 Å². The lowest BCUT2D eigenvalue weighted by Crippen LogP contribution is -2.25. The minimum absolute atomic E-state index is 0.385. The van der Waals surface area contributed by atoms with Gasteiger partial charge in [-0.1, -0.05) is 31.4 Å². The highest BCUT2D eigenvalue weighted by Gasteiger charge is 2.19. The van der Waals surface area contributed by atoms with Crippen LogP contribution in [-0.4, -0.2) is 20.9 Å². The van der Waals surface area contributed by atoms with Gasteiger partial charge in [0.05, 0.1) is 5.52 Å². The third-order valence-electron chi connectivity index (χ3n) is 4.22. The number of carbonyl (C=O) groups is 1. The number of benzene rings is 1. The van der Waals surface area contributed by atoms with Crippen LogP contribution < -0.4 is 5.43 Å². The van der Waals surface area contributed by atoms with Gasteiger partial charge in [-0.2, -0.15) is 5.10 Å². The van der Waals surface area contributed by atoms with E-state index in [1.54, 1.807) is 16.8 Å². The highest BCUT2D eigenvalue weighted by molar-refractivity contribution is 5.90. The molecule has 1 aromatic carbocycles. The Bertz CT molecular complexity index is 730. The van der Waals surface area contributed by atoms with Gasteiger partial charge in [0, 0.05) is 11.9 Å². The van der Waals surface area contributed by atoms with E-state index in [0.717, 1.165) is 18.4 Å². The summed E-state index contributed by atoms with van der Waals surface area (Å²) in [6, 6.07) is 7.10. The normalized spacial score (nSPS) is 16.2. The molecule has 1 heterocycles. The Balaban J connectivity index is 2.09. The van der Waals surface area contributed by atoms with E-state index in [0.29, 0.717) is 17.8 Å². The second kappa shape index (κ2) is 5.68. The molecule has 110 valence electrons. The van der Waals surface area contributed by atoms with Crippen molar-refractivity contribution in [3.63, 3.8) is 0 Å². The maximum absolute atomic E-state index is 12.2. The number of aromatic carboxylic acids is 1. The number of rotatable bonds is 3. The topological polar surface area (TPSA) is 72.2 Å². The number of hydrogen-bond acceptors (Lipinski definition) is 3. The standard InChI is InChI=1S/C16H18N2O3/c19-15-12-8-4-5-9-13(12)18(17-14(15)16(20)21)10-11-6-2-1-3-7-11/h4-5,8-9,11H,1-3,6-7,10H2,(H,20,21). The van der Waals surface area contributed by atoms with Crippen LogP contribution in [0.1, 0.15) is 42.6 Å². The zero-order chi connectivity index (χ0) is 14.8. The maximum Gasteiger partial charge on any atom is 0.360 e. The summed E-state index contributed by atoms with van der Waals surface area (Å²) in [5.74, 6) is -0.748. The minimum Gasteiger partial charge on any atom is -0.476 e.